The second kappa shape index (κ2) is 3.62. The summed E-state index contributed by atoms with van der Waals surface area (Å²) in [5.74, 6) is 0. The second-order valence-electron chi connectivity index (χ2n) is 2.64. The van der Waals surface area contributed by atoms with Crippen LogP contribution in [0.15, 0.2) is 36.9 Å². The Hall–Kier alpha value is -2.28. The number of aromatic nitrogens is 3. The molecule has 0 fully saturated rings. The van der Waals surface area contributed by atoms with Gasteiger partial charge in [0.1, 0.15) is 18.1 Å². The van der Waals surface area contributed by atoms with Crippen LogP contribution in [0.4, 0.5) is 0 Å². The maximum atomic E-state index is 8.66. The molecule has 2 rings (SSSR count). The van der Waals surface area contributed by atoms with Crippen LogP contribution in [0, 0.1) is 11.3 Å². The molecule has 0 amide bonds. The van der Waals surface area contributed by atoms with Gasteiger partial charge in [-0.05, 0) is 12.1 Å². The summed E-state index contributed by atoms with van der Waals surface area (Å²) in [6, 6.07) is 7.29. The smallest absolute Gasteiger partial charge is 0.144 e. The third kappa shape index (κ3) is 1.57. The number of hydrogen-bond donors (Lipinski definition) is 0. The molecule has 0 bridgehead atoms. The number of nitriles is 1. The maximum absolute atomic E-state index is 8.66. The molecular formula is C10H6N4. The Labute approximate surface area is 80.9 Å². The van der Waals surface area contributed by atoms with Crippen LogP contribution in [0.5, 0.6) is 0 Å². The molecule has 4 heteroatoms. The van der Waals surface area contributed by atoms with Gasteiger partial charge in [0.2, 0.25) is 0 Å². The lowest BCUT2D eigenvalue weighted by atomic mass is 10.2. The van der Waals surface area contributed by atoms with Crippen molar-refractivity contribution in [2.75, 3.05) is 0 Å². The Balaban J connectivity index is 2.49. The first-order valence-electron chi connectivity index (χ1n) is 4.02. The summed E-state index contributed by atoms with van der Waals surface area (Å²) in [6.07, 6.45) is 4.75. The van der Waals surface area contributed by atoms with E-state index in [1.807, 2.05) is 18.2 Å². The van der Waals surface area contributed by atoms with Crippen LogP contribution in [0.3, 0.4) is 0 Å². The van der Waals surface area contributed by atoms with E-state index in [1.165, 1.54) is 6.33 Å². The molecule has 0 aliphatic heterocycles. The van der Waals surface area contributed by atoms with E-state index >= 15 is 0 Å². The summed E-state index contributed by atoms with van der Waals surface area (Å²) in [5, 5.41) is 8.66. The van der Waals surface area contributed by atoms with Gasteiger partial charge < -0.3 is 0 Å². The number of pyridine rings is 1. The summed E-state index contributed by atoms with van der Waals surface area (Å²) in [7, 11) is 0. The lowest BCUT2D eigenvalue weighted by molar-refractivity contribution is 1.14. The number of hydrogen-bond acceptors (Lipinski definition) is 4. The summed E-state index contributed by atoms with van der Waals surface area (Å²) >= 11 is 0. The van der Waals surface area contributed by atoms with Crippen molar-refractivity contribution in [2.45, 2.75) is 0 Å². The molecule has 0 aromatic carbocycles. The van der Waals surface area contributed by atoms with Crippen molar-refractivity contribution in [1.29, 1.82) is 5.26 Å². The summed E-state index contributed by atoms with van der Waals surface area (Å²) in [4.78, 5) is 11.8. The molecule has 2 aromatic rings. The lowest BCUT2D eigenvalue weighted by Crippen LogP contribution is -1.88. The molecule has 0 radical (unpaired) electrons. The minimum Gasteiger partial charge on any atom is -0.265 e. The zero-order valence-corrected chi connectivity index (χ0v) is 7.25. The largest absolute Gasteiger partial charge is 0.265 e. The molecule has 4 nitrogen and oxygen atoms in total. The van der Waals surface area contributed by atoms with Gasteiger partial charge in [0, 0.05) is 24.0 Å². The molecule has 0 aliphatic carbocycles. The van der Waals surface area contributed by atoms with E-state index in [4.69, 9.17) is 5.26 Å². The predicted octanol–water partition coefficient (Wildman–Crippen LogP) is 1.41. The van der Waals surface area contributed by atoms with Crippen LogP contribution in [0.25, 0.3) is 11.3 Å². The highest BCUT2D eigenvalue weighted by molar-refractivity contribution is 5.58. The average molecular weight is 182 g/mol. The van der Waals surface area contributed by atoms with Crippen molar-refractivity contribution in [1.82, 2.24) is 15.0 Å². The molecule has 0 N–H and O–H groups in total. The zero-order chi connectivity index (χ0) is 9.80. The van der Waals surface area contributed by atoms with E-state index in [1.54, 1.807) is 18.5 Å². The van der Waals surface area contributed by atoms with Gasteiger partial charge in [-0.1, -0.05) is 0 Å². The Morgan fingerprint density at radius 1 is 1.14 bits per heavy atom. The van der Waals surface area contributed by atoms with Gasteiger partial charge >= 0.3 is 0 Å². The minimum absolute atomic E-state index is 0.367. The molecule has 66 valence electrons. The minimum atomic E-state index is 0.367. The topological polar surface area (TPSA) is 62.5 Å². The Morgan fingerprint density at radius 3 is 2.64 bits per heavy atom. The monoisotopic (exact) mass is 182 g/mol. The summed E-state index contributed by atoms with van der Waals surface area (Å²) in [5.41, 5.74) is 2.03. The van der Waals surface area contributed by atoms with Gasteiger partial charge in [0.05, 0.1) is 5.69 Å². The van der Waals surface area contributed by atoms with E-state index in [0.29, 0.717) is 5.69 Å². The van der Waals surface area contributed by atoms with E-state index < -0.39 is 0 Å². The second-order valence-corrected chi connectivity index (χ2v) is 2.64. The molecule has 2 heterocycles. The predicted molar refractivity (Wildman–Crippen MR) is 50.0 cm³/mol. The van der Waals surface area contributed by atoms with Gasteiger partial charge in [0.25, 0.3) is 0 Å². The van der Waals surface area contributed by atoms with Crippen LogP contribution >= 0.6 is 0 Å². The quantitative estimate of drug-likeness (QED) is 0.668. The van der Waals surface area contributed by atoms with Gasteiger partial charge in [-0.25, -0.2) is 9.97 Å². The molecule has 0 spiro atoms. The molecule has 0 aliphatic rings. The standard InChI is InChI=1S/C10H6N4/c11-6-9-5-10(14-7-13-9)8-1-3-12-4-2-8/h1-5,7H. The van der Waals surface area contributed by atoms with Crippen molar-refractivity contribution in [2.24, 2.45) is 0 Å². The Bertz CT molecular complexity index is 473. The third-order valence-corrected chi connectivity index (χ3v) is 1.76. The van der Waals surface area contributed by atoms with Crippen molar-refractivity contribution < 1.29 is 0 Å². The molecular weight excluding hydrogens is 176 g/mol. The van der Waals surface area contributed by atoms with E-state index in [9.17, 15) is 0 Å². The van der Waals surface area contributed by atoms with Crippen LogP contribution < -0.4 is 0 Å². The molecule has 0 unspecified atom stereocenters. The molecule has 14 heavy (non-hydrogen) atoms. The summed E-state index contributed by atoms with van der Waals surface area (Å²) in [6.45, 7) is 0. The lowest BCUT2D eigenvalue weighted by Gasteiger charge is -1.98. The van der Waals surface area contributed by atoms with Gasteiger partial charge in [-0.3, -0.25) is 4.98 Å². The van der Waals surface area contributed by atoms with Crippen LogP contribution in [-0.2, 0) is 0 Å². The van der Waals surface area contributed by atoms with Gasteiger partial charge in [-0.15, -0.1) is 0 Å². The van der Waals surface area contributed by atoms with E-state index in [0.717, 1.165) is 11.3 Å². The van der Waals surface area contributed by atoms with E-state index in [2.05, 4.69) is 15.0 Å². The fourth-order valence-corrected chi connectivity index (χ4v) is 1.10. The van der Waals surface area contributed by atoms with Crippen molar-refractivity contribution in [3.05, 3.63) is 42.6 Å². The first-order valence-corrected chi connectivity index (χ1v) is 4.02. The first-order chi connectivity index (χ1) is 6.90. The van der Waals surface area contributed by atoms with Crippen LogP contribution in [-0.4, -0.2) is 15.0 Å². The molecule has 0 saturated carbocycles. The van der Waals surface area contributed by atoms with Crippen LogP contribution in [0.1, 0.15) is 5.69 Å². The van der Waals surface area contributed by atoms with Gasteiger partial charge in [-0.2, -0.15) is 5.26 Å². The first kappa shape index (κ1) is 8.32. The highest BCUT2D eigenvalue weighted by atomic mass is 14.8. The fourth-order valence-electron chi connectivity index (χ4n) is 1.10. The highest BCUT2D eigenvalue weighted by Gasteiger charge is 1.99. The Morgan fingerprint density at radius 2 is 1.93 bits per heavy atom. The fraction of sp³-hybridized carbons (Fsp3) is 0. The van der Waals surface area contributed by atoms with E-state index in [-0.39, 0.29) is 0 Å². The molecule has 0 atom stereocenters. The number of nitrogens with zero attached hydrogens (tertiary/aromatic N) is 4. The normalized spacial score (nSPS) is 9.36. The molecule has 0 saturated heterocycles. The highest BCUT2D eigenvalue weighted by Crippen LogP contribution is 2.14. The van der Waals surface area contributed by atoms with Crippen molar-refractivity contribution in [3.8, 4) is 17.3 Å². The van der Waals surface area contributed by atoms with Gasteiger partial charge in [0.15, 0.2) is 0 Å². The SMILES string of the molecule is N#Cc1cc(-c2ccncc2)ncn1. The third-order valence-electron chi connectivity index (χ3n) is 1.76. The summed E-state index contributed by atoms with van der Waals surface area (Å²) < 4.78 is 0. The van der Waals surface area contributed by atoms with Crippen molar-refractivity contribution in [3.63, 3.8) is 0 Å². The molecule has 2 aromatic heterocycles. The zero-order valence-electron chi connectivity index (χ0n) is 7.25. The number of rotatable bonds is 1. The van der Waals surface area contributed by atoms with Crippen molar-refractivity contribution >= 4 is 0 Å². The van der Waals surface area contributed by atoms with Crippen LogP contribution in [0.2, 0.25) is 0 Å². The Kier molecular flexibility index (Phi) is 2.15. The maximum Gasteiger partial charge on any atom is 0.144 e. The average Bonchev–Trinajstić information content (AvgIpc) is 2.30.